The topological polar surface area (TPSA) is 81.0 Å². The van der Waals surface area contributed by atoms with Crippen LogP contribution in [-0.2, 0) is 10.7 Å². The van der Waals surface area contributed by atoms with Gasteiger partial charge in [-0.05, 0) is 44.5 Å². The van der Waals surface area contributed by atoms with Gasteiger partial charge in [0.05, 0.1) is 37.0 Å². The normalized spacial score (nSPS) is 15.6. The zero-order valence-electron chi connectivity index (χ0n) is 21.7. The van der Waals surface area contributed by atoms with Crippen LogP contribution >= 0.6 is 0 Å². The molecule has 1 saturated heterocycles. The van der Waals surface area contributed by atoms with E-state index in [9.17, 15) is 13.6 Å². The number of nitrogens with zero attached hydrogens (tertiary/aromatic N) is 4. The number of halogens is 2. The van der Waals surface area contributed by atoms with Gasteiger partial charge in [0.2, 0.25) is 0 Å². The Kier molecular flexibility index (Phi) is 6.64. The molecule has 2 aromatic heterocycles. The molecule has 2 aromatic carbocycles. The number of hydrogen-bond donors (Lipinski definition) is 1. The van der Waals surface area contributed by atoms with Gasteiger partial charge in [-0.2, -0.15) is 13.9 Å². The fourth-order valence-electron chi connectivity index (χ4n) is 4.93. The Hall–Kier alpha value is -4.21. The van der Waals surface area contributed by atoms with Gasteiger partial charge in [0, 0.05) is 30.3 Å². The number of aryl methyl sites for hydroxylation is 2. The van der Waals surface area contributed by atoms with Crippen LogP contribution in [0.25, 0.3) is 16.9 Å². The molecule has 8 nitrogen and oxygen atoms in total. The summed E-state index contributed by atoms with van der Waals surface area (Å²) in [6.45, 7) is 4.77. The number of rotatable bonds is 7. The molecule has 0 spiro atoms. The van der Waals surface area contributed by atoms with E-state index in [1.165, 1.54) is 24.3 Å². The average Bonchev–Trinajstić information content (AvgIpc) is 3.51. The van der Waals surface area contributed by atoms with Crippen LogP contribution in [0.2, 0.25) is 0 Å². The first kappa shape index (κ1) is 25.4. The second kappa shape index (κ2) is 9.92. The summed E-state index contributed by atoms with van der Waals surface area (Å²) in [5.74, 6) is -3.68. The van der Waals surface area contributed by atoms with Gasteiger partial charge in [-0.15, -0.1) is 0 Å². The minimum Gasteiger partial charge on any atom is -0.493 e. The number of methoxy groups -OCH3 is 2. The number of aromatic nitrogens is 3. The van der Waals surface area contributed by atoms with E-state index in [0.717, 1.165) is 28.3 Å². The lowest BCUT2D eigenvalue weighted by molar-refractivity contribution is -0.147. The van der Waals surface area contributed by atoms with Gasteiger partial charge in [-0.1, -0.05) is 30.3 Å². The lowest BCUT2D eigenvalue weighted by Crippen LogP contribution is -2.45. The van der Waals surface area contributed by atoms with Gasteiger partial charge >= 0.3 is 5.92 Å². The maximum Gasteiger partial charge on any atom is 0.349 e. The summed E-state index contributed by atoms with van der Waals surface area (Å²) < 4.78 is 42.1. The van der Waals surface area contributed by atoms with E-state index >= 15 is 0 Å². The van der Waals surface area contributed by atoms with E-state index in [1.807, 2.05) is 38.1 Å². The summed E-state index contributed by atoms with van der Waals surface area (Å²) in [6, 6.07) is 14.3. The fourth-order valence-corrected chi connectivity index (χ4v) is 4.93. The van der Waals surface area contributed by atoms with Crippen LogP contribution < -0.4 is 19.7 Å². The summed E-state index contributed by atoms with van der Waals surface area (Å²) in [4.78, 5) is 19.4. The highest BCUT2D eigenvalue weighted by Gasteiger charge is 2.42. The summed E-state index contributed by atoms with van der Waals surface area (Å²) in [7, 11) is 3.17. The molecule has 0 radical (unpaired) electrons. The van der Waals surface area contributed by atoms with Crippen molar-refractivity contribution in [3.8, 4) is 22.8 Å². The molecule has 3 heterocycles. The van der Waals surface area contributed by atoms with Crippen LogP contribution in [0.1, 0.15) is 23.4 Å². The monoisotopic (exact) mass is 521 g/mol. The summed E-state index contributed by atoms with van der Waals surface area (Å²) in [5, 5.41) is 7.27. The maximum atomic E-state index is 14.7. The number of carbonyl (C=O) groups is 1. The molecule has 0 saturated carbocycles. The van der Waals surface area contributed by atoms with Crippen molar-refractivity contribution in [3.05, 3.63) is 71.5 Å². The number of fused-ring (bicyclic) bond motifs is 1. The zero-order valence-corrected chi connectivity index (χ0v) is 21.7. The minimum atomic E-state index is -3.61. The van der Waals surface area contributed by atoms with E-state index in [4.69, 9.17) is 19.6 Å². The maximum absolute atomic E-state index is 14.7. The fraction of sp³-hybridized carbons (Fsp3) is 0.321. The van der Waals surface area contributed by atoms with E-state index in [2.05, 4.69) is 10.2 Å². The molecule has 1 unspecified atom stereocenters. The Morgan fingerprint density at radius 1 is 1.05 bits per heavy atom. The van der Waals surface area contributed by atoms with Crippen LogP contribution in [-0.4, -0.2) is 53.9 Å². The largest absolute Gasteiger partial charge is 0.493 e. The Bertz CT molecular complexity index is 1490. The molecule has 1 aliphatic heterocycles. The first-order valence-corrected chi connectivity index (χ1v) is 12.3. The quantitative estimate of drug-likeness (QED) is 0.385. The first-order chi connectivity index (χ1) is 18.2. The van der Waals surface area contributed by atoms with E-state index in [-0.39, 0.29) is 5.56 Å². The molecule has 4 aromatic rings. The van der Waals surface area contributed by atoms with Gasteiger partial charge in [0.15, 0.2) is 17.1 Å². The Balaban J connectivity index is 1.42. The third-order valence-electron chi connectivity index (χ3n) is 6.80. The van der Waals surface area contributed by atoms with Crippen molar-refractivity contribution >= 4 is 17.2 Å². The summed E-state index contributed by atoms with van der Waals surface area (Å²) in [5.41, 5.74) is 4.40. The van der Waals surface area contributed by atoms with Crippen LogP contribution in [0.3, 0.4) is 0 Å². The smallest absolute Gasteiger partial charge is 0.349 e. The zero-order chi connectivity index (χ0) is 27.0. The van der Waals surface area contributed by atoms with Crippen molar-refractivity contribution in [1.29, 1.82) is 0 Å². The number of alkyl halides is 2. The Morgan fingerprint density at radius 3 is 2.50 bits per heavy atom. The number of nitrogens with one attached hydrogen (secondary N) is 1. The number of hydrogen-bond acceptors (Lipinski definition) is 6. The van der Waals surface area contributed by atoms with Gasteiger partial charge in [0.25, 0.3) is 5.91 Å². The second-order valence-corrected chi connectivity index (χ2v) is 9.37. The predicted octanol–water partition coefficient (Wildman–Crippen LogP) is 4.52. The van der Waals surface area contributed by atoms with Crippen LogP contribution in [0.15, 0.2) is 54.6 Å². The van der Waals surface area contributed by atoms with Gasteiger partial charge in [-0.25, -0.2) is 9.50 Å². The molecular formula is C28H29F2N5O3. The molecular weight excluding hydrogens is 492 g/mol. The van der Waals surface area contributed by atoms with Crippen molar-refractivity contribution in [2.45, 2.75) is 32.2 Å². The third kappa shape index (κ3) is 4.51. The molecule has 1 fully saturated rings. The summed E-state index contributed by atoms with van der Waals surface area (Å²) >= 11 is 0. The van der Waals surface area contributed by atoms with Crippen molar-refractivity contribution in [2.24, 2.45) is 0 Å². The molecule has 1 amide bonds. The van der Waals surface area contributed by atoms with Gasteiger partial charge in [-0.3, -0.25) is 4.79 Å². The lowest BCUT2D eigenvalue weighted by Gasteiger charge is -2.22. The third-order valence-corrected chi connectivity index (χ3v) is 6.80. The van der Waals surface area contributed by atoms with Crippen molar-refractivity contribution in [1.82, 2.24) is 19.9 Å². The molecule has 0 bridgehead atoms. The van der Waals surface area contributed by atoms with E-state index in [1.54, 1.807) is 24.8 Å². The highest BCUT2D eigenvalue weighted by atomic mass is 19.3. The number of ether oxygens (including phenoxy) is 2. The average molecular weight is 522 g/mol. The number of amides is 1. The van der Waals surface area contributed by atoms with E-state index < -0.39 is 17.9 Å². The van der Waals surface area contributed by atoms with E-state index in [0.29, 0.717) is 36.7 Å². The molecule has 198 valence electrons. The number of anilines is 1. The van der Waals surface area contributed by atoms with Crippen LogP contribution in [0, 0.1) is 13.8 Å². The number of carbonyl (C=O) groups excluding carboxylic acids is 1. The Labute approximate surface area is 219 Å². The lowest BCUT2D eigenvalue weighted by atomic mass is 10.1. The van der Waals surface area contributed by atoms with Crippen LogP contribution in [0.5, 0.6) is 11.5 Å². The molecule has 1 aliphatic rings. The highest BCUT2D eigenvalue weighted by Crippen LogP contribution is 2.36. The molecule has 1 N–H and O–H groups in total. The number of benzene rings is 2. The molecule has 5 rings (SSSR count). The molecule has 1 atom stereocenters. The van der Waals surface area contributed by atoms with Gasteiger partial charge in [0.1, 0.15) is 0 Å². The first-order valence-electron chi connectivity index (χ1n) is 12.3. The molecule has 0 aliphatic carbocycles. The minimum absolute atomic E-state index is 0.325. The van der Waals surface area contributed by atoms with Crippen molar-refractivity contribution in [3.63, 3.8) is 0 Å². The van der Waals surface area contributed by atoms with Gasteiger partial charge < -0.3 is 19.7 Å². The highest BCUT2D eigenvalue weighted by molar-refractivity contribution is 5.85. The van der Waals surface area contributed by atoms with Crippen molar-refractivity contribution in [2.75, 3.05) is 32.2 Å². The molecule has 38 heavy (non-hydrogen) atoms. The summed E-state index contributed by atoms with van der Waals surface area (Å²) in [6.07, 6.45) is 0.534. The van der Waals surface area contributed by atoms with Crippen molar-refractivity contribution < 1.29 is 23.0 Å². The standard InChI is InChI=1S/C28H29F2N5O3/c1-17-14-22(34-13-12-21(16-34)32-27(36)28(29,30)20-8-6-5-7-9-20)26-31-18(2)25(35(26)33-17)19-10-11-23(37-3)24(15-19)38-4/h5-11,14-15,21H,12-13,16H2,1-4H3,(H,32,36). The SMILES string of the molecule is COc1ccc(-c2c(C)nc3c(N4CCC(NC(=O)C(F)(F)c5ccccc5)C4)cc(C)nn23)cc1OC. The van der Waals surface area contributed by atoms with Crippen LogP contribution in [0.4, 0.5) is 14.5 Å². The second-order valence-electron chi connectivity index (χ2n) is 9.37. The number of imidazole rings is 1. The predicted molar refractivity (Wildman–Crippen MR) is 140 cm³/mol. The molecule has 10 heteroatoms. The Morgan fingerprint density at radius 2 is 1.79 bits per heavy atom.